The van der Waals surface area contributed by atoms with E-state index in [0.717, 1.165) is 0 Å². The number of rotatable bonds is 7. The highest BCUT2D eigenvalue weighted by Gasteiger charge is 2.80. The molecule has 0 spiro atoms. The van der Waals surface area contributed by atoms with E-state index in [1.807, 2.05) is 30.3 Å². The summed E-state index contributed by atoms with van der Waals surface area (Å²) in [5.41, 5.74) is -1.67. The molecule has 1 fully saturated rings. The Hall–Kier alpha value is -2.12. The van der Waals surface area contributed by atoms with Crippen LogP contribution in [-0.4, -0.2) is 17.0 Å². The van der Waals surface area contributed by atoms with Crippen molar-refractivity contribution >= 4 is 43.8 Å². The number of carboxylic acid groups (broad SMARTS) is 1. The normalized spacial score (nSPS) is 21.7. The molecule has 2 aromatic rings. The summed E-state index contributed by atoms with van der Waals surface area (Å²) in [6, 6.07) is 16.5. The second-order valence-corrected chi connectivity index (χ2v) is 10.2. The lowest BCUT2D eigenvalue weighted by molar-refractivity contribution is -0.164. The molecule has 0 aromatic heterocycles. The van der Waals surface area contributed by atoms with Crippen LogP contribution in [0.1, 0.15) is 19.4 Å². The van der Waals surface area contributed by atoms with Gasteiger partial charge in [0.15, 0.2) is 5.41 Å². The second kappa shape index (κ2) is 8.32. The number of carbonyl (C=O) groups excluding carboxylic acids is 1. The number of halogens is 2. The average molecular weight is 524 g/mol. The van der Waals surface area contributed by atoms with Crippen molar-refractivity contribution < 1.29 is 24.2 Å². The zero-order valence-corrected chi connectivity index (χ0v) is 19.1. The van der Waals surface area contributed by atoms with Gasteiger partial charge in [0, 0.05) is 11.3 Å². The van der Waals surface area contributed by atoms with Gasteiger partial charge in [0.1, 0.15) is 18.1 Å². The number of hydrogen-bond donors (Lipinski definition) is 1. The molecule has 5 nitrogen and oxygen atoms in total. The van der Waals surface area contributed by atoms with Crippen LogP contribution in [0.5, 0.6) is 11.5 Å². The number of aliphatic carboxylic acids is 1. The molecule has 2 unspecified atom stereocenters. The maximum absolute atomic E-state index is 12.8. The molecule has 0 bridgehead atoms. The van der Waals surface area contributed by atoms with E-state index in [1.165, 1.54) is 0 Å². The van der Waals surface area contributed by atoms with E-state index in [0.29, 0.717) is 20.5 Å². The summed E-state index contributed by atoms with van der Waals surface area (Å²) >= 11 is 6.49. The molecular weight excluding hydrogens is 504 g/mol. The Kier molecular flexibility index (Phi) is 6.19. The van der Waals surface area contributed by atoms with E-state index in [-0.39, 0.29) is 6.61 Å². The Labute approximate surface area is 186 Å². The first kappa shape index (κ1) is 21.6. The molecule has 0 aliphatic heterocycles. The lowest BCUT2D eigenvalue weighted by atomic mass is 9.96. The number of carboxylic acids is 1. The van der Waals surface area contributed by atoms with E-state index < -0.39 is 28.7 Å². The molecule has 0 heterocycles. The van der Waals surface area contributed by atoms with Crippen molar-refractivity contribution in [1.82, 2.24) is 0 Å². The van der Waals surface area contributed by atoms with E-state index in [2.05, 4.69) is 31.9 Å². The predicted octanol–water partition coefficient (Wildman–Crippen LogP) is 5.88. The van der Waals surface area contributed by atoms with Crippen molar-refractivity contribution in [2.24, 2.45) is 16.7 Å². The first-order chi connectivity index (χ1) is 13.7. The van der Waals surface area contributed by atoms with Crippen LogP contribution < -0.4 is 4.74 Å². The first-order valence-corrected chi connectivity index (χ1v) is 10.5. The van der Waals surface area contributed by atoms with Crippen LogP contribution in [0.4, 0.5) is 0 Å². The lowest BCUT2D eigenvalue weighted by Gasteiger charge is -2.15. The van der Waals surface area contributed by atoms with Gasteiger partial charge in [-0.2, -0.15) is 0 Å². The van der Waals surface area contributed by atoms with Gasteiger partial charge in [-0.1, -0.05) is 50.3 Å². The van der Waals surface area contributed by atoms with Crippen molar-refractivity contribution in [3.05, 3.63) is 69.6 Å². The van der Waals surface area contributed by atoms with Crippen molar-refractivity contribution in [2.45, 2.75) is 20.5 Å². The molecule has 0 saturated heterocycles. The van der Waals surface area contributed by atoms with Gasteiger partial charge in [-0.15, -0.1) is 0 Å². The van der Waals surface area contributed by atoms with E-state index in [9.17, 15) is 14.7 Å². The van der Waals surface area contributed by atoms with Gasteiger partial charge in [0.25, 0.3) is 0 Å². The second-order valence-electron chi connectivity index (χ2n) is 7.41. The number of para-hydroxylation sites is 1. The third kappa shape index (κ3) is 4.12. The van der Waals surface area contributed by atoms with Crippen molar-refractivity contribution in [3.8, 4) is 11.5 Å². The summed E-state index contributed by atoms with van der Waals surface area (Å²) < 4.78 is 11.8. The highest BCUT2D eigenvalue weighted by Crippen LogP contribution is 2.70. The molecule has 152 valence electrons. The van der Waals surface area contributed by atoms with Gasteiger partial charge in [-0.05, 0) is 61.7 Å². The summed E-state index contributed by atoms with van der Waals surface area (Å²) in [4.78, 5) is 24.9. The number of ether oxygens (including phenoxy) is 2. The van der Waals surface area contributed by atoms with Crippen LogP contribution in [0.2, 0.25) is 0 Å². The summed E-state index contributed by atoms with van der Waals surface area (Å²) in [5, 5.41) is 9.82. The Morgan fingerprint density at radius 1 is 1.07 bits per heavy atom. The SMILES string of the molecule is CC1(C)C(C=C(Br)Br)C1(C(=O)O)C(=O)OCc1cccc(Oc2ccccc2)c1. The smallest absolute Gasteiger partial charge is 0.325 e. The summed E-state index contributed by atoms with van der Waals surface area (Å²) in [7, 11) is 0. The first-order valence-electron chi connectivity index (χ1n) is 8.95. The van der Waals surface area contributed by atoms with Crippen LogP contribution in [-0.2, 0) is 20.9 Å². The van der Waals surface area contributed by atoms with Gasteiger partial charge in [0.2, 0.25) is 0 Å². The van der Waals surface area contributed by atoms with Crippen molar-refractivity contribution in [2.75, 3.05) is 0 Å². The minimum Gasteiger partial charge on any atom is -0.480 e. The number of benzene rings is 2. The van der Waals surface area contributed by atoms with Crippen LogP contribution in [0.3, 0.4) is 0 Å². The molecule has 1 N–H and O–H groups in total. The average Bonchev–Trinajstić information content (AvgIpc) is 3.16. The Bertz CT molecular complexity index is 951. The van der Waals surface area contributed by atoms with Gasteiger partial charge < -0.3 is 14.6 Å². The molecule has 0 amide bonds. The fraction of sp³-hybridized carbons (Fsp3) is 0.273. The minimum absolute atomic E-state index is 0.0398. The third-order valence-corrected chi connectivity index (χ3v) is 5.90. The van der Waals surface area contributed by atoms with Crippen molar-refractivity contribution in [3.63, 3.8) is 0 Å². The van der Waals surface area contributed by atoms with E-state index >= 15 is 0 Å². The van der Waals surface area contributed by atoms with E-state index in [4.69, 9.17) is 9.47 Å². The maximum atomic E-state index is 12.8. The van der Waals surface area contributed by atoms with Gasteiger partial charge in [0.05, 0.1) is 3.39 Å². The third-order valence-electron chi connectivity index (χ3n) is 5.38. The predicted molar refractivity (Wildman–Crippen MR) is 116 cm³/mol. The minimum atomic E-state index is -1.61. The Morgan fingerprint density at radius 3 is 2.34 bits per heavy atom. The zero-order chi connectivity index (χ0) is 21.2. The number of carbonyl (C=O) groups is 2. The topological polar surface area (TPSA) is 72.8 Å². The van der Waals surface area contributed by atoms with Gasteiger partial charge in [-0.3, -0.25) is 9.59 Å². The molecule has 29 heavy (non-hydrogen) atoms. The summed E-state index contributed by atoms with van der Waals surface area (Å²) in [5.74, 6) is -1.11. The van der Waals surface area contributed by atoms with Crippen LogP contribution in [0, 0.1) is 16.7 Å². The molecule has 7 heteroatoms. The Morgan fingerprint density at radius 2 is 1.72 bits per heavy atom. The summed E-state index contributed by atoms with van der Waals surface area (Å²) in [6.45, 7) is 3.46. The highest BCUT2D eigenvalue weighted by molar-refractivity contribution is 9.28. The largest absolute Gasteiger partial charge is 0.480 e. The summed E-state index contributed by atoms with van der Waals surface area (Å²) in [6.07, 6.45) is 1.68. The molecular formula is C22H20Br2O5. The van der Waals surface area contributed by atoms with Crippen LogP contribution >= 0.6 is 31.9 Å². The monoisotopic (exact) mass is 522 g/mol. The van der Waals surface area contributed by atoms with Crippen molar-refractivity contribution in [1.29, 1.82) is 0 Å². The van der Waals surface area contributed by atoms with Gasteiger partial charge in [-0.25, -0.2) is 0 Å². The van der Waals surface area contributed by atoms with Crippen LogP contribution in [0.25, 0.3) is 0 Å². The molecule has 0 radical (unpaired) electrons. The fourth-order valence-corrected chi connectivity index (χ4v) is 4.26. The van der Waals surface area contributed by atoms with Gasteiger partial charge >= 0.3 is 11.9 Å². The molecule has 2 atom stereocenters. The number of hydrogen-bond acceptors (Lipinski definition) is 4. The maximum Gasteiger partial charge on any atom is 0.325 e. The Balaban J connectivity index is 1.72. The molecule has 3 rings (SSSR count). The lowest BCUT2D eigenvalue weighted by Crippen LogP contribution is -2.33. The fourth-order valence-electron chi connectivity index (χ4n) is 3.73. The van der Waals surface area contributed by atoms with Crippen LogP contribution in [0.15, 0.2) is 64.1 Å². The standard InChI is InChI=1S/C22H20Br2O5/c1-21(2)17(12-18(23)24)22(21,19(25)26)20(27)28-13-14-7-6-10-16(11-14)29-15-8-4-3-5-9-15/h3-12,17H,13H2,1-2H3,(H,25,26). The van der Waals surface area contributed by atoms with E-state index in [1.54, 1.807) is 44.2 Å². The molecule has 2 aromatic carbocycles. The number of allylic oxidation sites excluding steroid dienone is 1. The zero-order valence-electron chi connectivity index (χ0n) is 15.9. The highest BCUT2D eigenvalue weighted by atomic mass is 79.9. The number of esters is 1. The molecule has 1 aliphatic rings. The quantitative estimate of drug-likeness (QED) is 0.362. The molecule has 1 aliphatic carbocycles. The molecule has 1 saturated carbocycles.